The zero-order valence-electron chi connectivity index (χ0n) is 15.9. The van der Waals surface area contributed by atoms with Crippen molar-refractivity contribution in [2.75, 3.05) is 32.9 Å². The molecule has 2 aromatic rings. The van der Waals surface area contributed by atoms with E-state index in [1.54, 1.807) is 12.1 Å². The summed E-state index contributed by atoms with van der Waals surface area (Å²) < 4.78 is 17.9. The summed E-state index contributed by atoms with van der Waals surface area (Å²) in [5.41, 5.74) is 8.02. The number of aliphatic hydroxyl groups excluding tert-OH is 1. The summed E-state index contributed by atoms with van der Waals surface area (Å²) in [4.78, 5) is 12.7. The van der Waals surface area contributed by atoms with Gasteiger partial charge in [-0.3, -0.25) is 9.69 Å². The molecule has 1 aliphatic rings. The minimum Gasteiger partial charge on any atom is -0.396 e. The molecule has 0 bridgehead atoms. The molecular formula is C22H27FN2O3. The van der Waals surface area contributed by atoms with Crippen LogP contribution in [0.15, 0.2) is 54.6 Å². The summed E-state index contributed by atoms with van der Waals surface area (Å²) in [6.07, 6.45) is 3.40. The van der Waals surface area contributed by atoms with Gasteiger partial charge in [0.05, 0.1) is 13.2 Å². The number of primary amides is 1. The second-order valence-electron chi connectivity index (χ2n) is 6.47. The van der Waals surface area contributed by atoms with E-state index >= 15 is 0 Å². The molecule has 1 amide bonds. The number of hydrogen-bond donors (Lipinski definition) is 2. The lowest BCUT2D eigenvalue weighted by molar-refractivity contribution is -0.113. The number of aliphatic hydroxyl groups is 1. The van der Waals surface area contributed by atoms with Gasteiger partial charge in [-0.2, -0.15) is 0 Å². The molecule has 0 aliphatic carbocycles. The molecule has 1 fully saturated rings. The normalized spacial score (nSPS) is 14.5. The number of amides is 1. The van der Waals surface area contributed by atoms with Gasteiger partial charge in [0, 0.05) is 32.3 Å². The van der Waals surface area contributed by atoms with Gasteiger partial charge in [0.15, 0.2) is 0 Å². The van der Waals surface area contributed by atoms with E-state index in [0.29, 0.717) is 5.56 Å². The predicted molar refractivity (Wildman–Crippen MR) is 108 cm³/mol. The summed E-state index contributed by atoms with van der Waals surface area (Å²) in [6, 6.07) is 14.4. The van der Waals surface area contributed by atoms with Crippen LogP contribution in [0.2, 0.25) is 0 Å². The largest absolute Gasteiger partial charge is 0.396 e. The van der Waals surface area contributed by atoms with Crippen LogP contribution in [0.25, 0.3) is 6.08 Å². The van der Waals surface area contributed by atoms with E-state index in [-0.39, 0.29) is 12.4 Å². The molecule has 0 radical (unpaired) electrons. The van der Waals surface area contributed by atoms with Gasteiger partial charge in [0.1, 0.15) is 5.82 Å². The van der Waals surface area contributed by atoms with Crippen molar-refractivity contribution in [2.45, 2.75) is 13.0 Å². The van der Waals surface area contributed by atoms with E-state index in [1.807, 2.05) is 0 Å². The van der Waals surface area contributed by atoms with Crippen molar-refractivity contribution in [1.82, 2.24) is 4.90 Å². The lowest BCUT2D eigenvalue weighted by Gasteiger charge is -2.26. The molecule has 0 unspecified atom stereocenters. The highest BCUT2D eigenvalue weighted by Gasteiger charge is 2.10. The molecule has 3 N–H and O–H groups in total. The standard InChI is InChI=1S/C13H19NO2.C9H8FNO/c15-7-4-12-2-1-3-13(10-12)11-14-5-8-16-9-6-14;10-8-3-1-2-7(6-8)4-5-9(11)12/h1-3,10,15H,4-9,11H2;1-6H,(H2,11,12)/b;5-4+. The first kappa shape index (κ1) is 21.8. The summed E-state index contributed by atoms with van der Waals surface area (Å²) in [5, 5.41) is 8.91. The molecule has 2 aromatic carbocycles. The maximum atomic E-state index is 12.5. The molecule has 150 valence electrons. The number of nitrogens with two attached hydrogens (primary N) is 1. The van der Waals surface area contributed by atoms with Crippen LogP contribution in [0.3, 0.4) is 0 Å². The van der Waals surface area contributed by atoms with Crippen LogP contribution in [-0.2, 0) is 22.5 Å². The van der Waals surface area contributed by atoms with Crippen LogP contribution in [-0.4, -0.2) is 48.8 Å². The Balaban J connectivity index is 0.000000209. The molecule has 0 aromatic heterocycles. The first-order chi connectivity index (χ1) is 13.6. The highest BCUT2D eigenvalue weighted by molar-refractivity contribution is 5.90. The van der Waals surface area contributed by atoms with Gasteiger partial charge < -0.3 is 15.6 Å². The Morgan fingerprint density at radius 1 is 1.14 bits per heavy atom. The van der Waals surface area contributed by atoms with E-state index in [4.69, 9.17) is 15.6 Å². The van der Waals surface area contributed by atoms with E-state index in [0.717, 1.165) is 39.3 Å². The summed E-state index contributed by atoms with van der Waals surface area (Å²) in [6.45, 7) is 4.94. The Hall–Kier alpha value is -2.54. The monoisotopic (exact) mass is 386 g/mol. The van der Waals surface area contributed by atoms with Gasteiger partial charge in [-0.15, -0.1) is 0 Å². The Kier molecular flexibility index (Phi) is 9.34. The SMILES string of the molecule is NC(=O)/C=C/c1cccc(F)c1.OCCc1cccc(CN2CCOCC2)c1. The molecule has 1 saturated heterocycles. The second kappa shape index (κ2) is 12.0. The number of morpholine rings is 1. The average Bonchev–Trinajstić information content (AvgIpc) is 2.68. The molecule has 0 saturated carbocycles. The van der Waals surface area contributed by atoms with Gasteiger partial charge in [0.25, 0.3) is 0 Å². The quantitative estimate of drug-likeness (QED) is 0.748. The molecule has 5 nitrogen and oxygen atoms in total. The summed E-state index contributed by atoms with van der Waals surface area (Å²) in [7, 11) is 0. The van der Waals surface area contributed by atoms with Gasteiger partial charge in [-0.1, -0.05) is 36.4 Å². The highest BCUT2D eigenvalue weighted by atomic mass is 19.1. The molecule has 6 heteroatoms. The van der Waals surface area contributed by atoms with Crippen molar-refractivity contribution in [2.24, 2.45) is 5.73 Å². The fourth-order valence-corrected chi connectivity index (χ4v) is 2.82. The van der Waals surface area contributed by atoms with E-state index < -0.39 is 5.91 Å². The third-order valence-electron chi connectivity index (χ3n) is 4.19. The molecule has 0 spiro atoms. The summed E-state index contributed by atoms with van der Waals surface area (Å²) in [5.74, 6) is -0.874. The van der Waals surface area contributed by atoms with Crippen LogP contribution in [0.1, 0.15) is 16.7 Å². The minimum absolute atomic E-state index is 0.223. The van der Waals surface area contributed by atoms with Crippen molar-refractivity contribution in [3.8, 4) is 0 Å². The van der Waals surface area contributed by atoms with Crippen molar-refractivity contribution < 1.29 is 19.0 Å². The minimum atomic E-state index is -0.542. The third kappa shape index (κ3) is 8.43. The Bertz CT molecular complexity index is 774. The number of hydrogen-bond acceptors (Lipinski definition) is 4. The molecule has 1 aliphatic heterocycles. The first-order valence-electron chi connectivity index (χ1n) is 9.28. The van der Waals surface area contributed by atoms with Gasteiger partial charge in [-0.05, 0) is 41.3 Å². The van der Waals surface area contributed by atoms with E-state index in [2.05, 4.69) is 29.2 Å². The van der Waals surface area contributed by atoms with Gasteiger partial charge in [0.2, 0.25) is 5.91 Å². The maximum Gasteiger partial charge on any atom is 0.241 e. The van der Waals surface area contributed by atoms with E-state index in [1.165, 1.54) is 35.4 Å². The molecule has 0 atom stereocenters. The topological polar surface area (TPSA) is 75.8 Å². The van der Waals surface area contributed by atoms with Crippen LogP contribution in [0.5, 0.6) is 0 Å². The fourth-order valence-electron chi connectivity index (χ4n) is 2.82. The van der Waals surface area contributed by atoms with Crippen molar-refractivity contribution in [3.63, 3.8) is 0 Å². The number of carbonyl (C=O) groups excluding carboxylic acids is 1. The maximum absolute atomic E-state index is 12.5. The summed E-state index contributed by atoms with van der Waals surface area (Å²) >= 11 is 0. The predicted octanol–water partition coefficient (Wildman–Crippen LogP) is 2.38. The zero-order valence-corrected chi connectivity index (χ0v) is 15.9. The molecule has 1 heterocycles. The number of rotatable bonds is 6. The van der Waals surface area contributed by atoms with Gasteiger partial charge >= 0.3 is 0 Å². The second-order valence-corrected chi connectivity index (χ2v) is 6.47. The Labute approximate surface area is 165 Å². The Morgan fingerprint density at radius 3 is 2.54 bits per heavy atom. The Morgan fingerprint density at radius 2 is 1.86 bits per heavy atom. The molecular weight excluding hydrogens is 359 g/mol. The average molecular weight is 386 g/mol. The van der Waals surface area contributed by atoms with Crippen molar-refractivity contribution >= 4 is 12.0 Å². The van der Waals surface area contributed by atoms with E-state index in [9.17, 15) is 9.18 Å². The lowest BCUT2D eigenvalue weighted by Crippen LogP contribution is -2.35. The third-order valence-corrected chi connectivity index (χ3v) is 4.19. The van der Waals surface area contributed by atoms with Crippen LogP contribution >= 0.6 is 0 Å². The molecule has 28 heavy (non-hydrogen) atoms. The number of benzene rings is 2. The fraction of sp³-hybridized carbons (Fsp3) is 0.318. The van der Waals surface area contributed by atoms with Crippen LogP contribution < -0.4 is 5.73 Å². The lowest BCUT2D eigenvalue weighted by atomic mass is 10.1. The molecule has 3 rings (SSSR count). The first-order valence-corrected chi connectivity index (χ1v) is 9.28. The number of halogens is 1. The number of carbonyl (C=O) groups is 1. The van der Waals surface area contributed by atoms with Gasteiger partial charge in [-0.25, -0.2) is 4.39 Å². The van der Waals surface area contributed by atoms with Crippen LogP contribution in [0, 0.1) is 5.82 Å². The smallest absolute Gasteiger partial charge is 0.241 e. The van der Waals surface area contributed by atoms with Crippen molar-refractivity contribution in [3.05, 3.63) is 77.1 Å². The number of nitrogens with zero attached hydrogens (tertiary/aromatic N) is 1. The zero-order chi connectivity index (χ0) is 20.2. The highest BCUT2D eigenvalue weighted by Crippen LogP contribution is 2.10. The van der Waals surface area contributed by atoms with Crippen LogP contribution in [0.4, 0.5) is 4.39 Å². The van der Waals surface area contributed by atoms with Crippen molar-refractivity contribution in [1.29, 1.82) is 0 Å². The number of ether oxygens (including phenoxy) is 1.